The molecule has 104 valence electrons. The second kappa shape index (κ2) is 6.32. The standard InChI is InChI=1S/C12H13N5O3/c1-2-19-12(18)20-8-7-15-11(17-10(8)13)16-9-5-3-4-6-14-9/h3-7H,2H2,1H3,(H3,13,14,15,16,17). The van der Waals surface area contributed by atoms with Gasteiger partial charge in [0.25, 0.3) is 0 Å². The van der Waals surface area contributed by atoms with Crippen molar-refractivity contribution in [1.29, 1.82) is 0 Å². The molecule has 0 amide bonds. The molecule has 20 heavy (non-hydrogen) atoms. The number of aromatic nitrogens is 3. The summed E-state index contributed by atoms with van der Waals surface area (Å²) < 4.78 is 9.47. The fourth-order valence-corrected chi connectivity index (χ4v) is 1.31. The smallest absolute Gasteiger partial charge is 0.434 e. The highest BCUT2D eigenvalue weighted by Gasteiger charge is 2.11. The maximum atomic E-state index is 11.2. The predicted molar refractivity (Wildman–Crippen MR) is 71.6 cm³/mol. The monoisotopic (exact) mass is 275 g/mol. The van der Waals surface area contributed by atoms with E-state index in [2.05, 4.69) is 25.0 Å². The van der Waals surface area contributed by atoms with E-state index >= 15 is 0 Å². The summed E-state index contributed by atoms with van der Waals surface area (Å²) in [5, 5.41) is 2.87. The summed E-state index contributed by atoms with van der Waals surface area (Å²) in [6.45, 7) is 1.87. The number of ether oxygens (including phenoxy) is 2. The van der Waals surface area contributed by atoms with Crippen LogP contribution >= 0.6 is 0 Å². The molecule has 0 spiro atoms. The van der Waals surface area contributed by atoms with Gasteiger partial charge in [-0.05, 0) is 19.1 Å². The van der Waals surface area contributed by atoms with E-state index < -0.39 is 6.16 Å². The number of carbonyl (C=O) groups is 1. The van der Waals surface area contributed by atoms with Crippen molar-refractivity contribution in [2.45, 2.75) is 6.92 Å². The van der Waals surface area contributed by atoms with Crippen LogP contribution in [0.3, 0.4) is 0 Å². The Morgan fingerprint density at radius 1 is 1.40 bits per heavy atom. The first-order valence-corrected chi connectivity index (χ1v) is 5.84. The molecular weight excluding hydrogens is 262 g/mol. The summed E-state index contributed by atoms with van der Waals surface area (Å²) in [7, 11) is 0. The Labute approximate surface area is 115 Å². The van der Waals surface area contributed by atoms with E-state index in [0.29, 0.717) is 5.82 Å². The van der Waals surface area contributed by atoms with E-state index in [-0.39, 0.29) is 24.1 Å². The molecule has 0 atom stereocenters. The van der Waals surface area contributed by atoms with Gasteiger partial charge in [0.1, 0.15) is 5.82 Å². The Morgan fingerprint density at radius 2 is 2.25 bits per heavy atom. The first-order chi connectivity index (χ1) is 9.69. The number of nitrogen functional groups attached to an aromatic ring is 1. The normalized spacial score (nSPS) is 9.85. The molecule has 0 unspecified atom stereocenters. The Morgan fingerprint density at radius 3 is 2.90 bits per heavy atom. The van der Waals surface area contributed by atoms with Crippen LogP contribution in [0.4, 0.5) is 22.4 Å². The van der Waals surface area contributed by atoms with Crippen LogP contribution in [0.1, 0.15) is 6.92 Å². The summed E-state index contributed by atoms with van der Waals surface area (Å²) in [4.78, 5) is 23.2. The third-order valence-electron chi connectivity index (χ3n) is 2.14. The van der Waals surface area contributed by atoms with Gasteiger partial charge in [-0.1, -0.05) is 6.07 Å². The van der Waals surface area contributed by atoms with Gasteiger partial charge in [0.2, 0.25) is 5.95 Å². The number of carbonyl (C=O) groups excluding carboxylic acids is 1. The summed E-state index contributed by atoms with van der Waals surface area (Å²) in [6, 6.07) is 5.36. The van der Waals surface area contributed by atoms with E-state index in [0.717, 1.165) is 0 Å². The van der Waals surface area contributed by atoms with Crippen LogP contribution < -0.4 is 15.8 Å². The number of pyridine rings is 1. The van der Waals surface area contributed by atoms with Crippen LogP contribution in [-0.2, 0) is 4.74 Å². The molecule has 0 aromatic carbocycles. The summed E-state index contributed by atoms with van der Waals surface area (Å²) >= 11 is 0. The average molecular weight is 275 g/mol. The molecule has 2 heterocycles. The molecule has 0 saturated heterocycles. The van der Waals surface area contributed by atoms with Crippen LogP contribution in [0.15, 0.2) is 30.6 Å². The second-order valence-corrected chi connectivity index (χ2v) is 3.57. The fourth-order valence-electron chi connectivity index (χ4n) is 1.31. The van der Waals surface area contributed by atoms with Crippen LogP contribution in [0.2, 0.25) is 0 Å². The van der Waals surface area contributed by atoms with Crippen LogP contribution in [-0.4, -0.2) is 27.7 Å². The van der Waals surface area contributed by atoms with Crippen LogP contribution in [0.25, 0.3) is 0 Å². The van der Waals surface area contributed by atoms with Crippen LogP contribution in [0.5, 0.6) is 5.75 Å². The van der Waals surface area contributed by atoms with Gasteiger partial charge in [-0.3, -0.25) is 0 Å². The summed E-state index contributed by atoms with van der Waals surface area (Å²) in [5.74, 6) is 0.880. The minimum Gasteiger partial charge on any atom is -0.434 e. The molecule has 0 aliphatic carbocycles. The van der Waals surface area contributed by atoms with Gasteiger partial charge in [-0.25, -0.2) is 14.8 Å². The molecule has 0 fully saturated rings. The summed E-state index contributed by atoms with van der Waals surface area (Å²) in [5.41, 5.74) is 5.68. The lowest BCUT2D eigenvalue weighted by Crippen LogP contribution is -2.12. The molecule has 2 aromatic rings. The number of nitrogens with zero attached hydrogens (tertiary/aromatic N) is 3. The van der Waals surface area contributed by atoms with Crippen molar-refractivity contribution < 1.29 is 14.3 Å². The number of hydrogen-bond acceptors (Lipinski definition) is 8. The first kappa shape index (κ1) is 13.5. The highest BCUT2D eigenvalue weighted by atomic mass is 16.7. The molecule has 0 saturated carbocycles. The van der Waals surface area contributed by atoms with Crippen molar-refractivity contribution in [2.75, 3.05) is 17.7 Å². The van der Waals surface area contributed by atoms with Gasteiger partial charge in [0.15, 0.2) is 11.6 Å². The van der Waals surface area contributed by atoms with Gasteiger partial charge in [0.05, 0.1) is 12.8 Å². The zero-order valence-electron chi connectivity index (χ0n) is 10.7. The van der Waals surface area contributed by atoms with Crippen molar-refractivity contribution in [3.63, 3.8) is 0 Å². The predicted octanol–water partition coefficient (Wildman–Crippen LogP) is 1.73. The molecule has 8 heteroatoms. The molecular formula is C12H13N5O3. The molecule has 0 bridgehead atoms. The fraction of sp³-hybridized carbons (Fsp3) is 0.167. The van der Waals surface area contributed by atoms with Gasteiger partial charge in [0, 0.05) is 6.20 Å². The maximum Gasteiger partial charge on any atom is 0.514 e. The van der Waals surface area contributed by atoms with Crippen molar-refractivity contribution in [3.05, 3.63) is 30.6 Å². The Hall–Kier alpha value is -2.90. The molecule has 0 aliphatic heterocycles. The second-order valence-electron chi connectivity index (χ2n) is 3.57. The maximum absolute atomic E-state index is 11.2. The van der Waals surface area contributed by atoms with Crippen molar-refractivity contribution in [1.82, 2.24) is 15.0 Å². The lowest BCUT2D eigenvalue weighted by atomic mass is 10.4. The topological polar surface area (TPSA) is 112 Å². The van der Waals surface area contributed by atoms with Gasteiger partial charge in [-0.2, -0.15) is 4.98 Å². The zero-order chi connectivity index (χ0) is 14.4. The average Bonchev–Trinajstić information content (AvgIpc) is 2.43. The van der Waals surface area contributed by atoms with Crippen molar-refractivity contribution in [3.8, 4) is 5.75 Å². The molecule has 2 aromatic heterocycles. The highest BCUT2D eigenvalue weighted by molar-refractivity contribution is 5.66. The van der Waals surface area contributed by atoms with E-state index in [9.17, 15) is 4.79 Å². The molecule has 2 rings (SSSR count). The SMILES string of the molecule is CCOC(=O)Oc1cnc(Nc2ccccn2)nc1N. The number of hydrogen-bond donors (Lipinski definition) is 2. The van der Waals surface area contributed by atoms with Gasteiger partial charge < -0.3 is 20.5 Å². The number of rotatable bonds is 4. The minimum absolute atomic E-state index is 0.0199. The molecule has 3 N–H and O–H groups in total. The highest BCUT2D eigenvalue weighted by Crippen LogP contribution is 2.20. The van der Waals surface area contributed by atoms with E-state index in [1.807, 2.05) is 6.07 Å². The number of nitrogens with one attached hydrogen (secondary N) is 1. The summed E-state index contributed by atoms with van der Waals surface area (Å²) in [6.07, 6.45) is 2.06. The third-order valence-corrected chi connectivity index (χ3v) is 2.14. The quantitative estimate of drug-likeness (QED) is 0.811. The van der Waals surface area contributed by atoms with E-state index in [4.69, 9.17) is 10.5 Å². The third kappa shape index (κ3) is 3.55. The lowest BCUT2D eigenvalue weighted by Gasteiger charge is -2.08. The molecule has 8 nitrogen and oxygen atoms in total. The zero-order valence-corrected chi connectivity index (χ0v) is 10.7. The lowest BCUT2D eigenvalue weighted by molar-refractivity contribution is 0.104. The molecule has 0 radical (unpaired) electrons. The molecule has 0 aliphatic rings. The first-order valence-electron chi connectivity index (χ1n) is 5.84. The van der Waals surface area contributed by atoms with E-state index in [1.54, 1.807) is 25.3 Å². The van der Waals surface area contributed by atoms with E-state index in [1.165, 1.54) is 6.20 Å². The van der Waals surface area contributed by atoms with Crippen molar-refractivity contribution in [2.24, 2.45) is 0 Å². The van der Waals surface area contributed by atoms with Crippen LogP contribution in [0, 0.1) is 0 Å². The number of nitrogens with two attached hydrogens (primary N) is 1. The number of anilines is 3. The largest absolute Gasteiger partial charge is 0.514 e. The van der Waals surface area contributed by atoms with Gasteiger partial charge >= 0.3 is 6.16 Å². The Balaban J connectivity index is 2.08. The Bertz CT molecular complexity index is 591. The van der Waals surface area contributed by atoms with Crippen molar-refractivity contribution >= 4 is 23.7 Å². The Kier molecular flexibility index (Phi) is 4.28. The van der Waals surface area contributed by atoms with Gasteiger partial charge in [-0.15, -0.1) is 0 Å². The minimum atomic E-state index is -0.853.